The van der Waals surface area contributed by atoms with Crippen LogP contribution >= 0.6 is 11.6 Å². The van der Waals surface area contributed by atoms with E-state index in [1.165, 1.54) is 0 Å². The second-order valence-electron chi connectivity index (χ2n) is 2.82. The zero-order chi connectivity index (χ0) is 9.26. The second-order valence-corrected chi connectivity index (χ2v) is 3.09. The highest BCUT2D eigenvalue weighted by Crippen LogP contribution is 2.15. The van der Waals surface area contributed by atoms with Gasteiger partial charge in [-0.3, -0.25) is 4.79 Å². The first-order valence-electron chi connectivity index (χ1n) is 3.98. The Hall–Kier alpha value is -1.28. The molecule has 66 valence electrons. The maximum Gasteiger partial charge on any atom is 0.255 e. The molecule has 1 N–H and O–H groups in total. The maximum absolute atomic E-state index is 11.3. The number of alkyl halides is 1. The van der Waals surface area contributed by atoms with E-state index in [1.54, 1.807) is 12.3 Å². The molecule has 2 nitrogen and oxygen atoms in total. The van der Waals surface area contributed by atoms with Crippen LogP contribution in [0.4, 0.5) is 0 Å². The lowest BCUT2D eigenvalue weighted by Gasteiger charge is -2.00. The summed E-state index contributed by atoms with van der Waals surface area (Å²) in [6.07, 6.45) is 1.66. The summed E-state index contributed by atoms with van der Waals surface area (Å²) >= 11 is 5.74. The van der Waals surface area contributed by atoms with Gasteiger partial charge >= 0.3 is 0 Å². The van der Waals surface area contributed by atoms with E-state index in [1.807, 2.05) is 18.2 Å². The molecule has 2 rings (SSSR count). The summed E-state index contributed by atoms with van der Waals surface area (Å²) in [7, 11) is 0. The Kier molecular flexibility index (Phi) is 2.07. The van der Waals surface area contributed by atoms with Crippen molar-refractivity contribution in [1.29, 1.82) is 0 Å². The average Bonchev–Trinajstić information content (AvgIpc) is 2.19. The molecule has 0 aliphatic heterocycles. The minimum Gasteiger partial charge on any atom is -0.328 e. The van der Waals surface area contributed by atoms with Crippen LogP contribution in [0.15, 0.2) is 35.3 Å². The molecule has 2 aromatic rings. The number of aromatic amines is 1. The third-order valence-corrected chi connectivity index (χ3v) is 2.33. The van der Waals surface area contributed by atoms with E-state index in [9.17, 15) is 4.79 Å². The van der Waals surface area contributed by atoms with E-state index in [0.29, 0.717) is 11.3 Å². The fraction of sp³-hybridized carbons (Fsp3) is 0.100. The Balaban J connectivity index is 2.93. The van der Waals surface area contributed by atoms with Crippen LogP contribution < -0.4 is 5.56 Å². The van der Waals surface area contributed by atoms with Crippen LogP contribution in [0.5, 0.6) is 0 Å². The molecule has 13 heavy (non-hydrogen) atoms. The Morgan fingerprint density at radius 3 is 2.62 bits per heavy atom. The van der Waals surface area contributed by atoms with E-state index in [4.69, 9.17) is 11.6 Å². The van der Waals surface area contributed by atoms with Crippen molar-refractivity contribution in [2.75, 3.05) is 0 Å². The van der Waals surface area contributed by atoms with Crippen LogP contribution in [0.1, 0.15) is 5.56 Å². The van der Waals surface area contributed by atoms with Crippen molar-refractivity contribution in [3.05, 3.63) is 46.4 Å². The number of fused-ring (bicyclic) bond motifs is 1. The molecule has 3 heteroatoms. The van der Waals surface area contributed by atoms with Crippen molar-refractivity contribution in [2.24, 2.45) is 0 Å². The molecular formula is C10H8ClNO. The summed E-state index contributed by atoms with van der Waals surface area (Å²) in [5, 5.41) is 1.63. The van der Waals surface area contributed by atoms with Gasteiger partial charge in [-0.15, -0.1) is 11.6 Å². The first-order valence-corrected chi connectivity index (χ1v) is 4.51. The summed E-state index contributed by atoms with van der Waals surface area (Å²) in [5.74, 6) is 0.414. The van der Waals surface area contributed by atoms with Gasteiger partial charge in [0.1, 0.15) is 0 Å². The van der Waals surface area contributed by atoms with E-state index in [-0.39, 0.29) is 5.56 Å². The van der Waals surface area contributed by atoms with Gasteiger partial charge in [-0.2, -0.15) is 0 Å². The number of rotatable bonds is 1. The third kappa shape index (κ3) is 1.33. The summed E-state index contributed by atoms with van der Waals surface area (Å²) in [4.78, 5) is 14.0. The number of halogens is 1. The number of hydrogen-bond acceptors (Lipinski definition) is 1. The molecule has 0 saturated carbocycles. The molecule has 0 unspecified atom stereocenters. The molecule has 0 atom stereocenters. The number of aromatic nitrogens is 1. The number of nitrogens with one attached hydrogen (secondary N) is 1. The van der Waals surface area contributed by atoms with Crippen LogP contribution in [0.3, 0.4) is 0 Å². The molecule has 0 spiro atoms. The zero-order valence-electron chi connectivity index (χ0n) is 6.88. The number of hydrogen-bond donors (Lipinski definition) is 1. The molecule has 0 fully saturated rings. The molecule has 0 aliphatic rings. The minimum absolute atomic E-state index is 0.0653. The quantitative estimate of drug-likeness (QED) is 0.693. The van der Waals surface area contributed by atoms with E-state index in [0.717, 1.165) is 10.9 Å². The van der Waals surface area contributed by atoms with E-state index in [2.05, 4.69) is 4.98 Å². The van der Waals surface area contributed by atoms with Crippen LogP contribution in [-0.2, 0) is 5.88 Å². The largest absolute Gasteiger partial charge is 0.328 e. The monoisotopic (exact) mass is 193 g/mol. The third-order valence-electron chi connectivity index (χ3n) is 2.04. The van der Waals surface area contributed by atoms with Crippen molar-refractivity contribution in [2.45, 2.75) is 5.88 Å². The summed E-state index contributed by atoms with van der Waals surface area (Å²) in [6.45, 7) is 0. The topological polar surface area (TPSA) is 32.9 Å². The smallest absolute Gasteiger partial charge is 0.255 e. The number of benzene rings is 1. The normalized spacial score (nSPS) is 10.5. The van der Waals surface area contributed by atoms with Crippen molar-refractivity contribution in [3.63, 3.8) is 0 Å². The lowest BCUT2D eigenvalue weighted by atomic mass is 10.1. The van der Waals surface area contributed by atoms with Gasteiger partial charge in [-0.1, -0.05) is 18.2 Å². The Morgan fingerprint density at radius 2 is 1.92 bits per heavy atom. The highest BCUT2D eigenvalue weighted by atomic mass is 35.5. The number of H-pyrrole nitrogens is 1. The van der Waals surface area contributed by atoms with Crippen molar-refractivity contribution in [1.82, 2.24) is 4.98 Å². The Morgan fingerprint density at radius 1 is 1.23 bits per heavy atom. The SMILES string of the molecule is O=c1[nH]cc(CCl)c2ccccc12. The van der Waals surface area contributed by atoms with Crippen molar-refractivity contribution < 1.29 is 0 Å². The molecular weight excluding hydrogens is 186 g/mol. The molecule has 1 aromatic carbocycles. The summed E-state index contributed by atoms with van der Waals surface area (Å²) in [5.41, 5.74) is 0.890. The predicted octanol–water partition coefficient (Wildman–Crippen LogP) is 2.27. The highest BCUT2D eigenvalue weighted by molar-refractivity contribution is 6.18. The average molecular weight is 194 g/mol. The molecule has 1 heterocycles. The van der Waals surface area contributed by atoms with Crippen LogP contribution in [0, 0.1) is 0 Å². The maximum atomic E-state index is 11.3. The van der Waals surface area contributed by atoms with Crippen LogP contribution in [0.25, 0.3) is 10.8 Å². The lowest BCUT2D eigenvalue weighted by Crippen LogP contribution is -2.06. The minimum atomic E-state index is -0.0653. The van der Waals surface area contributed by atoms with Gasteiger partial charge in [0.25, 0.3) is 5.56 Å². The molecule has 1 aromatic heterocycles. The van der Waals surface area contributed by atoms with Crippen LogP contribution in [0.2, 0.25) is 0 Å². The Bertz CT molecular complexity index is 489. The van der Waals surface area contributed by atoms with Gasteiger partial charge in [0, 0.05) is 17.5 Å². The number of pyridine rings is 1. The molecule has 0 amide bonds. The van der Waals surface area contributed by atoms with Crippen molar-refractivity contribution >= 4 is 22.4 Å². The Labute approximate surface area is 80.2 Å². The van der Waals surface area contributed by atoms with Gasteiger partial charge < -0.3 is 4.98 Å². The fourth-order valence-electron chi connectivity index (χ4n) is 1.38. The van der Waals surface area contributed by atoms with Gasteiger partial charge in [0.2, 0.25) is 0 Å². The van der Waals surface area contributed by atoms with Crippen molar-refractivity contribution in [3.8, 4) is 0 Å². The lowest BCUT2D eigenvalue weighted by molar-refractivity contribution is 1.23. The predicted molar refractivity (Wildman–Crippen MR) is 54.1 cm³/mol. The molecule has 0 radical (unpaired) electrons. The van der Waals surface area contributed by atoms with Gasteiger partial charge in [0.15, 0.2) is 0 Å². The van der Waals surface area contributed by atoms with E-state index >= 15 is 0 Å². The van der Waals surface area contributed by atoms with Gasteiger partial charge in [-0.25, -0.2) is 0 Å². The van der Waals surface area contributed by atoms with Crippen LogP contribution in [-0.4, -0.2) is 4.98 Å². The molecule has 0 aliphatic carbocycles. The highest BCUT2D eigenvalue weighted by Gasteiger charge is 2.01. The fourth-order valence-corrected chi connectivity index (χ4v) is 1.60. The van der Waals surface area contributed by atoms with Gasteiger partial charge in [0.05, 0.1) is 0 Å². The molecule has 0 saturated heterocycles. The standard InChI is InChI=1S/C10H8ClNO/c11-5-7-6-12-10(13)9-4-2-1-3-8(7)9/h1-4,6H,5H2,(H,12,13). The molecule has 0 bridgehead atoms. The first-order chi connectivity index (χ1) is 6.33. The van der Waals surface area contributed by atoms with Gasteiger partial charge in [-0.05, 0) is 17.0 Å². The summed E-state index contributed by atoms with van der Waals surface area (Å²) in [6, 6.07) is 7.44. The zero-order valence-corrected chi connectivity index (χ0v) is 7.64. The first kappa shape index (κ1) is 8.32. The summed E-state index contributed by atoms with van der Waals surface area (Å²) < 4.78 is 0. The van der Waals surface area contributed by atoms with E-state index < -0.39 is 0 Å². The second kappa shape index (κ2) is 3.23.